The third kappa shape index (κ3) is 8.48. The van der Waals surface area contributed by atoms with Gasteiger partial charge in [-0.05, 0) is 85.5 Å². The van der Waals surface area contributed by atoms with Gasteiger partial charge in [-0.2, -0.15) is 0 Å². The molecule has 0 aliphatic carbocycles. The topological polar surface area (TPSA) is 91.4 Å². The van der Waals surface area contributed by atoms with Crippen LogP contribution in [0.2, 0.25) is 0 Å². The number of hydrogen-bond donors (Lipinski definition) is 2. The third-order valence-electron chi connectivity index (χ3n) is 8.61. The Labute approximate surface area is 268 Å². The second kappa shape index (κ2) is 16.0. The SMILES string of the molecule is C=COCC(C)(C)Cc1c(-c2cnccc2C(C)OC)n(CC)c2ccc(-c3cccc(CCC(=O)CCCCNN)c3)cc12. The van der Waals surface area contributed by atoms with Gasteiger partial charge >= 0.3 is 0 Å². The summed E-state index contributed by atoms with van der Waals surface area (Å²) in [6, 6.07) is 17.5. The lowest BCUT2D eigenvalue weighted by Gasteiger charge is -2.25. The van der Waals surface area contributed by atoms with E-state index in [0.29, 0.717) is 25.2 Å². The number of pyridine rings is 1. The Bertz CT molecular complexity index is 1590. The zero-order valence-electron chi connectivity index (χ0n) is 27.7. The summed E-state index contributed by atoms with van der Waals surface area (Å²) in [4.78, 5) is 17.0. The van der Waals surface area contributed by atoms with E-state index in [4.69, 9.17) is 15.3 Å². The zero-order chi connectivity index (χ0) is 32.4. The summed E-state index contributed by atoms with van der Waals surface area (Å²) in [5, 5.41) is 1.23. The largest absolute Gasteiger partial charge is 0.501 e. The fraction of sp³-hybridized carbons (Fsp3) is 0.421. The Balaban J connectivity index is 1.77. The molecule has 2 aromatic heterocycles. The van der Waals surface area contributed by atoms with Crippen LogP contribution >= 0.6 is 0 Å². The van der Waals surface area contributed by atoms with Crippen LogP contribution < -0.4 is 11.3 Å². The molecule has 4 aromatic rings. The van der Waals surface area contributed by atoms with Gasteiger partial charge < -0.3 is 14.0 Å². The Morgan fingerprint density at radius 2 is 1.93 bits per heavy atom. The quantitative estimate of drug-likeness (QED) is 0.0514. The number of ether oxygens (including phenoxy) is 2. The van der Waals surface area contributed by atoms with Crippen LogP contribution in [0.4, 0.5) is 0 Å². The van der Waals surface area contributed by atoms with Crippen LogP contribution in [-0.4, -0.2) is 35.6 Å². The van der Waals surface area contributed by atoms with Gasteiger partial charge in [0.15, 0.2) is 0 Å². The molecule has 1 atom stereocenters. The van der Waals surface area contributed by atoms with Gasteiger partial charge in [-0.1, -0.05) is 50.8 Å². The number of rotatable bonds is 18. The monoisotopic (exact) mass is 610 g/mol. The normalized spacial score (nSPS) is 12.4. The number of carbonyl (C=O) groups excluding carboxylic acids is 1. The van der Waals surface area contributed by atoms with Crippen molar-refractivity contribution < 1.29 is 14.3 Å². The molecule has 2 heterocycles. The van der Waals surface area contributed by atoms with Crippen molar-refractivity contribution in [2.75, 3.05) is 20.3 Å². The van der Waals surface area contributed by atoms with Gasteiger partial charge in [0.1, 0.15) is 5.78 Å². The van der Waals surface area contributed by atoms with E-state index in [1.54, 1.807) is 7.11 Å². The van der Waals surface area contributed by atoms with E-state index in [0.717, 1.165) is 61.0 Å². The van der Waals surface area contributed by atoms with Crippen molar-refractivity contribution in [2.24, 2.45) is 11.3 Å². The first-order valence-corrected chi connectivity index (χ1v) is 16.1. The van der Waals surface area contributed by atoms with Crippen molar-refractivity contribution in [3.63, 3.8) is 0 Å². The summed E-state index contributed by atoms with van der Waals surface area (Å²) in [6.07, 6.45) is 9.75. The number of aromatic nitrogens is 2. The number of nitrogens with zero attached hydrogens (tertiary/aromatic N) is 2. The highest BCUT2D eigenvalue weighted by Gasteiger charge is 2.28. The molecule has 0 radical (unpaired) electrons. The Hall–Kier alpha value is -3.78. The molecule has 2 aromatic carbocycles. The van der Waals surface area contributed by atoms with Gasteiger partial charge in [0.05, 0.1) is 24.7 Å². The third-order valence-corrected chi connectivity index (χ3v) is 8.61. The average Bonchev–Trinajstić information content (AvgIpc) is 3.36. The number of nitrogens with two attached hydrogens (primary N) is 1. The van der Waals surface area contributed by atoms with Gasteiger partial charge in [-0.15, -0.1) is 0 Å². The molecule has 0 fully saturated rings. The maximum absolute atomic E-state index is 12.5. The van der Waals surface area contributed by atoms with E-state index < -0.39 is 0 Å². The molecule has 3 N–H and O–H groups in total. The molecule has 0 spiro atoms. The number of Topliss-reactive ketones (excluding diaryl/α,β-unsaturated/α-hetero) is 1. The van der Waals surface area contributed by atoms with Crippen molar-refractivity contribution in [1.29, 1.82) is 0 Å². The number of unbranched alkanes of at least 4 members (excludes halogenated alkanes) is 1. The minimum atomic E-state index is -0.145. The minimum Gasteiger partial charge on any atom is -0.501 e. The van der Waals surface area contributed by atoms with Crippen LogP contribution in [0.15, 0.2) is 73.8 Å². The minimum absolute atomic E-state index is 0.0793. The molecule has 0 amide bonds. The number of methoxy groups -OCH3 is 1. The first-order valence-electron chi connectivity index (χ1n) is 16.1. The summed E-state index contributed by atoms with van der Waals surface area (Å²) in [5.41, 5.74) is 11.8. The van der Waals surface area contributed by atoms with E-state index in [2.05, 4.69) is 97.8 Å². The fourth-order valence-corrected chi connectivity index (χ4v) is 6.18. The average molecular weight is 611 g/mol. The highest BCUT2D eigenvalue weighted by molar-refractivity contribution is 5.95. The standard InChI is InChI=1S/C38H50N4O3/c1-7-42-36-18-16-30(29-13-11-12-28(22-29)15-17-31(43)14-9-10-20-41-39)23-33(36)34(24-38(4,5)26-45-8-2)37(42)35-25-40-21-19-32(35)27(3)44-6/h8,11-13,16,18-19,21-23,25,27,41H,2,7,9-10,14-15,17,20,24,26,39H2,1,3-6H3. The van der Waals surface area contributed by atoms with Crippen LogP contribution in [0.25, 0.3) is 33.3 Å². The molecule has 0 saturated carbocycles. The number of aryl methyl sites for hydroxylation is 2. The molecular weight excluding hydrogens is 560 g/mol. The molecule has 0 aliphatic rings. The number of carbonyl (C=O) groups is 1. The second-order valence-electron chi connectivity index (χ2n) is 12.6. The summed E-state index contributed by atoms with van der Waals surface area (Å²) >= 11 is 0. The molecule has 4 rings (SSSR count). The lowest BCUT2D eigenvalue weighted by atomic mass is 9.84. The Morgan fingerprint density at radius 1 is 1.13 bits per heavy atom. The van der Waals surface area contributed by atoms with Gasteiger partial charge in [0, 0.05) is 67.3 Å². The predicted molar refractivity (Wildman–Crippen MR) is 185 cm³/mol. The number of ketones is 1. The van der Waals surface area contributed by atoms with E-state index in [1.807, 2.05) is 12.4 Å². The van der Waals surface area contributed by atoms with Gasteiger partial charge in [0.2, 0.25) is 0 Å². The smallest absolute Gasteiger partial charge is 0.133 e. The molecule has 7 nitrogen and oxygen atoms in total. The summed E-state index contributed by atoms with van der Waals surface area (Å²) in [6.45, 7) is 14.6. The lowest BCUT2D eigenvalue weighted by Crippen LogP contribution is -2.22. The first-order chi connectivity index (χ1) is 21.7. The highest BCUT2D eigenvalue weighted by Crippen LogP contribution is 2.42. The van der Waals surface area contributed by atoms with Crippen LogP contribution in [0.5, 0.6) is 0 Å². The van der Waals surface area contributed by atoms with Crippen LogP contribution in [0.3, 0.4) is 0 Å². The Morgan fingerprint density at radius 3 is 2.67 bits per heavy atom. The molecule has 45 heavy (non-hydrogen) atoms. The number of hydrazine groups is 1. The van der Waals surface area contributed by atoms with Gasteiger partial charge in [-0.3, -0.25) is 21.0 Å². The van der Waals surface area contributed by atoms with Crippen molar-refractivity contribution in [2.45, 2.75) is 78.9 Å². The van der Waals surface area contributed by atoms with Crippen molar-refractivity contribution >= 4 is 16.7 Å². The highest BCUT2D eigenvalue weighted by atomic mass is 16.5. The molecular formula is C38H50N4O3. The number of benzene rings is 2. The summed E-state index contributed by atoms with van der Waals surface area (Å²) in [5.74, 6) is 5.64. The molecule has 1 unspecified atom stereocenters. The number of nitrogens with one attached hydrogen (secondary N) is 1. The second-order valence-corrected chi connectivity index (χ2v) is 12.6. The Kier molecular flexibility index (Phi) is 12.1. The van der Waals surface area contributed by atoms with E-state index >= 15 is 0 Å². The van der Waals surface area contributed by atoms with E-state index in [9.17, 15) is 4.79 Å². The lowest BCUT2D eigenvalue weighted by molar-refractivity contribution is -0.119. The van der Waals surface area contributed by atoms with E-state index in [-0.39, 0.29) is 11.5 Å². The van der Waals surface area contributed by atoms with Crippen LogP contribution in [0, 0.1) is 5.41 Å². The number of fused-ring (bicyclic) bond motifs is 1. The summed E-state index contributed by atoms with van der Waals surface area (Å²) < 4.78 is 13.9. The first kappa shape index (κ1) is 34.1. The van der Waals surface area contributed by atoms with Crippen LogP contribution in [0.1, 0.15) is 76.2 Å². The van der Waals surface area contributed by atoms with Crippen LogP contribution in [-0.2, 0) is 33.7 Å². The fourth-order valence-electron chi connectivity index (χ4n) is 6.18. The van der Waals surface area contributed by atoms with Gasteiger partial charge in [0.25, 0.3) is 0 Å². The maximum Gasteiger partial charge on any atom is 0.133 e. The van der Waals surface area contributed by atoms with Crippen molar-refractivity contribution in [3.8, 4) is 22.4 Å². The molecule has 7 heteroatoms. The maximum atomic E-state index is 12.5. The van der Waals surface area contributed by atoms with E-state index in [1.165, 1.54) is 34.0 Å². The molecule has 240 valence electrons. The van der Waals surface area contributed by atoms with Crippen molar-refractivity contribution in [3.05, 3.63) is 90.5 Å². The summed E-state index contributed by atoms with van der Waals surface area (Å²) in [7, 11) is 1.75. The molecule has 0 saturated heterocycles. The predicted octanol–water partition coefficient (Wildman–Crippen LogP) is 7.96. The number of hydrogen-bond acceptors (Lipinski definition) is 6. The molecule has 0 bridgehead atoms. The van der Waals surface area contributed by atoms with Gasteiger partial charge in [-0.25, -0.2) is 0 Å². The zero-order valence-corrected chi connectivity index (χ0v) is 27.7. The molecule has 0 aliphatic heterocycles. The van der Waals surface area contributed by atoms with Crippen molar-refractivity contribution in [1.82, 2.24) is 15.0 Å².